The maximum Gasteiger partial charge on any atom is 0.161 e. The third-order valence-electron chi connectivity index (χ3n) is 3.13. The molecule has 3 heteroatoms. The molecular weight excluding hydrogens is 260 g/mol. The van der Waals surface area contributed by atoms with E-state index in [0.717, 1.165) is 29.9 Å². The molecule has 0 aromatic heterocycles. The quantitative estimate of drug-likeness (QED) is 0.611. The first-order valence-corrected chi connectivity index (χ1v) is 7.61. The molecule has 19 heavy (non-hydrogen) atoms. The first-order valence-electron chi connectivity index (χ1n) is 7.17. The Morgan fingerprint density at radius 1 is 1.05 bits per heavy atom. The van der Waals surface area contributed by atoms with Crippen molar-refractivity contribution in [2.45, 2.75) is 45.9 Å². The van der Waals surface area contributed by atoms with E-state index < -0.39 is 0 Å². The van der Waals surface area contributed by atoms with Gasteiger partial charge in [-0.25, -0.2) is 0 Å². The number of rotatable bonds is 8. The standard InChI is InChI=1S/C16H25ClO2/c1-5-8-12(4)16(17)13-9-10-14(18-6-2)15(11-13)19-7-3/h9-12,16H,5-8H2,1-4H3. The fourth-order valence-electron chi connectivity index (χ4n) is 2.17. The minimum absolute atomic E-state index is 0.0230. The average molecular weight is 285 g/mol. The molecule has 0 bridgehead atoms. The van der Waals surface area contributed by atoms with Crippen molar-refractivity contribution in [3.8, 4) is 11.5 Å². The van der Waals surface area contributed by atoms with E-state index in [4.69, 9.17) is 21.1 Å². The smallest absolute Gasteiger partial charge is 0.161 e. The Balaban J connectivity index is 2.93. The average Bonchev–Trinajstić information content (AvgIpc) is 2.40. The molecule has 1 aromatic rings. The zero-order valence-corrected chi connectivity index (χ0v) is 13.2. The molecule has 0 heterocycles. The van der Waals surface area contributed by atoms with E-state index in [1.54, 1.807) is 0 Å². The summed E-state index contributed by atoms with van der Waals surface area (Å²) in [6, 6.07) is 6.01. The molecular formula is C16H25ClO2. The molecule has 108 valence electrons. The maximum absolute atomic E-state index is 6.54. The van der Waals surface area contributed by atoms with Gasteiger partial charge in [0.15, 0.2) is 11.5 Å². The Kier molecular flexibility index (Phi) is 7.07. The summed E-state index contributed by atoms with van der Waals surface area (Å²) in [7, 11) is 0. The van der Waals surface area contributed by atoms with Crippen LogP contribution in [0.2, 0.25) is 0 Å². The van der Waals surface area contributed by atoms with E-state index in [1.165, 1.54) is 0 Å². The summed E-state index contributed by atoms with van der Waals surface area (Å²) in [6.45, 7) is 9.58. The van der Waals surface area contributed by atoms with Gasteiger partial charge >= 0.3 is 0 Å². The van der Waals surface area contributed by atoms with Crippen molar-refractivity contribution in [3.63, 3.8) is 0 Å². The van der Waals surface area contributed by atoms with Crippen molar-refractivity contribution in [2.75, 3.05) is 13.2 Å². The van der Waals surface area contributed by atoms with Crippen molar-refractivity contribution in [1.82, 2.24) is 0 Å². The van der Waals surface area contributed by atoms with Gasteiger partial charge in [-0.2, -0.15) is 0 Å². The second-order valence-corrected chi connectivity index (χ2v) is 5.21. The lowest BCUT2D eigenvalue weighted by Gasteiger charge is -2.19. The molecule has 0 radical (unpaired) electrons. The van der Waals surface area contributed by atoms with Gasteiger partial charge < -0.3 is 9.47 Å². The summed E-state index contributed by atoms with van der Waals surface area (Å²) in [5, 5.41) is 0.0230. The van der Waals surface area contributed by atoms with Gasteiger partial charge in [0.1, 0.15) is 0 Å². The van der Waals surface area contributed by atoms with Crippen LogP contribution in [0.3, 0.4) is 0 Å². The molecule has 0 amide bonds. The highest BCUT2D eigenvalue weighted by Crippen LogP contribution is 2.37. The highest BCUT2D eigenvalue weighted by Gasteiger charge is 2.18. The molecule has 1 aromatic carbocycles. The maximum atomic E-state index is 6.54. The second kappa shape index (κ2) is 8.31. The van der Waals surface area contributed by atoms with Crippen LogP contribution in [0.4, 0.5) is 0 Å². The molecule has 0 aliphatic heterocycles. The highest BCUT2D eigenvalue weighted by molar-refractivity contribution is 6.21. The van der Waals surface area contributed by atoms with Crippen molar-refractivity contribution in [2.24, 2.45) is 5.92 Å². The van der Waals surface area contributed by atoms with E-state index in [-0.39, 0.29) is 5.38 Å². The minimum atomic E-state index is 0.0230. The summed E-state index contributed by atoms with van der Waals surface area (Å²) < 4.78 is 11.2. The predicted molar refractivity (Wildman–Crippen MR) is 81.4 cm³/mol. The number of hydrogen-bond donors (Lipinski definition) is 0. The summed E-state index contributed by atoms with van der Waals surface area (Å²) in [4.78, 5) is 0. The Hall–Kier alpha value is -0.890. The van der Waals surface area contributed by atoms with Gasteiger partial charge in [-0.15, -0.1) is 11.6 Å². The Bertz CT molecular complexity index is 379. The third kappa shape index (κ3) is 4.61. The Labute approximate surface area is 122 Å². The summed E-state index contributed by atoms with van der Waals surface area (Å²) in [6.07, 6.45) is 2.28. The molecule has 0 N–H and O–H groups in total. The van der Waals surface area contributed by atoms with Crippen LogP contribution in [0.5, 0.6) is 11.5 Å². The lowest BCUT2D eigenvalue weighted by Crippen LogP contribution is -2.05. The molecule has 0 aliphatic rings. The fraction of sp³-hybridized carbons (Fsp3) is 0.625. The number of ether oxygens (including phenoxy) is 2. The van der Waals surface area contributed by atoms with Crippen LogP contribution < -0.4 is 9.47 Å². The highest BCUT2D eigenvalue weighted by atomic mass is 35.5. The van der Waals surface area contributed by atoms with Gasteiger partial charge in [0.2, 0.25) is 0 Å². The molecule has 0 saturated carbocycles. The number of benzene rings is 1. The van der Waals surface area contributed by atoms with E-state index in [9.17, 15) is 0 Å². The van der Waals surface area contributed by atoms with Gasteiger partial charge in [0, 0.05) is 0 Å². The van der Waals surface area contributed by atoms with Crippen LogP contribution in [0, 0.1) is 5.92 Å². The first kappa shape index (κ1) is 16.2. The van der Waals surface area contributed by atoms with Crippen LogP contribution >= 0.6 is 11.6 Å². The molecule has 2 nitrogen and oxygen atoms in total. The van der Waals surface area contributed by atoms with Crippen molar-refractivity contribution in [1.29, 1.82) is 0 Å². The fourth-order valence-corrected chi connectivity index (χ4v) is 2.43. The van der Waals surface area contributed by atoms with Crippen molar-refractivity contribution >= 4 is 11.6 Å². The monoisotopic (exact) mass is 284 g/mol. The molecule has 0 saturated heterocycles. The van der Waals surface area contributed by atoms with E-state index >= 15 is 0 Å². The zero-order valence-electron chi connectivity index (χ0n) is 12.4. The topological polar surface area (TPSA) is 18.5 Å². The summed E-state index contributed by atoms with van der Waals surface area (Å²) in [5.74, 6) is 2.04. The molecule has 2 atom stereocenters. The minimum Gasteiger partial charge on any atom is -0.490 e. The molecule has 0 fully saturated rings. The van der Waals surface area contributed by atoms with Crippen LogP contribution in [-0.2, 0) is 0 Å². The lowest BCUT2D eigenvalue weighted by molar-refractivity contribution is 0.287. The number of alkyl halides is 1. The van der Waals surface area contributed by atoms with Crippen molar-refractivity contribution in [3.05, 3.63) is 23.8 Å². The number of hydrogen-bond acceptors (Lipinski definition) is 2. The molecule has 0 aliphatic carbocycles. The third-order valence-corrected chi connectivity index (χ3v) is 3.81. The normalized spacial score (nSPS) is 13.9. The predicted octanol–water partition coefficient (Wildman–Crippen LogP) is 5.20. The van der Waals surface area contributed by atoms with Gasteiger partial charge in [-0.3, -0.25) is 0 Å². The summed E-state index contributed by atoms with van der Waals surface area (Å²) in [5.41, 5.74) is 1.11. The van der Waals surface area contributed by atoms with Gasteiger partial charge in [-0.05, 0) is 43.9 Å². The van der Waals surface area contributed by atoms with E-state index in [2.05, 4.69) is 13.8 Å². The van der Waals surface area contributed by atoms with Crippen LogP contribution in [0.25, 0.3) is 0 Å². The van der Waals surface area contributed by atoms with E-state index in [1.807, 2.05) is 32.0 Å². The Morgan fingerprint density at radius 3 is 2.26 bits per heavy atom. The summed E-state index contributed by atoms with van der Waals surface area (Å²) >= 11 is 6.54. The number of halogens is 1. The largest absolute Gasteiger partial charge is 0.490 e. The Morgan fingerprint density at radius 2 is 1.68 bits per heavy atom. The van der Waals surface area contributed by atoms with Crippen LogP contribution in [0.1, 0.15) is 51.5 Å². The molecule has 2 unspecified atom stereocenters. The van der Waals surface area contributed by atoms with Crippen LogP contribution in [-0.4, -0.2) is 13.2 Å². The van der Waals surface area contributed by atoms with Gasteiger partial charge in [0.05, 0.1) is 18.6 Å². The van der Waals surface area contributed by atoms with Crippen LogP contribution in [0.15, 0.2) is 18.2 Å². The van der Waals surface area contributed by atoms with E-state index in [0.29, 0.717) is 19.1 Å². The zero-order chi connectivity index (χ0) is 14.3. The van der Waals surface area contributed by atoms with Gasteiger partial charge in [0.25, 0.3) is 0 Å². The molecule has 1 rings (SSSR count). The van der Waals surface area contributed by atoms with Gasteiger partial charge in [-0.1, -0.05) is 26.3 Å². The second-order valence-electron chi connectivity index (χ2n) is 4.74. The first-order chi connectivity index (χ1) is 9.13. The SMILES string of the molecule is CCCC(C)C(Cl)c1ccc(OCC)c(OCC)c1. The lowest BCUT2D eigenvalue weighted by atomic mass is 9.96. The van der Waals surface area contributed by atoms with Crippen molar-refractivity contribution < 1.29 is 9.47 Å². The molecule has 0 spiro atoms.